The van der Waals surface area contributed by atoms with E-state index >= 15 is 0 Å². The van der Waals surface area contributed by atoms with Crippen LogP contribution in [0, 0.1) is 0 Å². The minimum Gasteiger partial charge on any atom is -0.480 e. The average Bonchev–Trinajstić information content (AvgIpc) is 2.38. The summed E-state index contributed by atoms with van der Waals surface area (Å²) in [5, 5.41) is 16.4. The number of hydrogen-bond donors (Lipinski definition) is 4. The zero-order valence-electron chi connectivity index (χ0n) is 11.9. The predicted molar refractivity (Wildman–Crippen MR) is 78.0 cm³/mol. The topological polar surface area (TPSA) is 111 Å². The lowest BCUT2D eigenvalue weighted by Gasteiger charge is -2.15. The zero-order valence-corrected chi connectivity index (χ0v) is 12.7. The van der Waals surface area contributed by atoms with Crippen molar-refractivity contribution in [2.24, 2.45) is 0 Å². The Balaban J connectivity index is 3.90. The minimum atomic E-state index is -1.06. The van der Waals surface area contributed by atoms with Gasteiger partial charge in [0.05, 0.1) is 0 Å². The first kappa shape index (κ1) is 18.4. The monoisotopic (exact) mass is 306 g/mol. The van der Waals surface area contributed by atoms with Crippen molar-refractivity contribution in [3.8, 4) is 0 Å². The van der Waals surface area contributed by atoms with Crippen molar-refractivity contribution in [3.63, 3.8) is 0 Å². The van der Waals surface area contributed by atoms with Crippen LogP contribution in [0.4, 0.5) is 9.59 Å². The summed E-state index contributed by atoms with van der Waals surface area (Å²) in [5.74, 6) is -0.411. The molecule has 0 unspecified atom stereocenters. The summed E-state index contributed by atoms with van der Waals surface area (Å²) >= 11 is 1.51. The third-order valence-electron chi connectivity index (χ3n) is 2.31. The molecule has 0 spiro atoms. The molecule has 116 valence electrons. The molecule has 0 aromatic rings. The van der Waals surface area contributed by atoms with Gasteiger partial charge in [0.25, 0.3) is 0 Å². The summed E-state index contributed by atoms with van der Waals surface area (Å²) in [6, 6.07) is -1.72. The van der Waals surface area contributed by atoms with Gasteiger partial charge in [-0.3, -0.25) is 0 Å². The van der Waals surface area contributed by atoms with Gasteiger partial charge in [-0.15, -0.1) is 0 Å². The molecule has 0 aliphatic carbocycles. The van der Waals surface area contributed by atoms with E-state index in [9.17, 15) is 14.4 Å². The van der Waals surface area contributed by atoms with Crippen LogP contribution in [-0.4, -0.2) is 73.3 Å². The molecule has 0 radical (unpaired) electrons. The molecule has 4 N–H and O–H groups in total. The number of thioether (sulfide) groups is 1. The maximum atomic E-state index is 11.5. The Hall–Kier alpha value is -1.64. The first-order valence-corrected chi connectivity index (χ1v) is 7.49. The van der Waals surface area contributed by atoms with E-state index in [0.717, 1.165) is 0 Å². The normalized spacial score (nSPS) is 11.3. The molecule has 4 amide bonds. The first-order valence-electron chi connectivity index (χ1n) is 6.09. The van der Waals surface area contributed by atoms with Crippen molar-refractivity contribution in [1.29, 1.82) is 0 Å². The molecule has 1 atom stereocenters. The number of carbonyl (C=O) groups excluding carboxylic acids is 2. The quantitative estimate of drug-likeness (QED) is 0.463. The van der Waals surface area contributed by atoms with Gasteiger partial charge in [-0.2, -0.15) is 11.8 Å². The number of carboxylic acid groups (broad SMARTS) is 1. The third-order valence-corrected chi connectivity index (χ3v) is 2.95. The van der Waals surface area contributed by atoms with Crippen molar-refractivity contribution in [1.82, 2.24) is 20.9 Å². The summed E-state index contributed by atoms with van der Waals surface area (Å²) in [6.45, 7) is 0.493. The number of amides is 4. The zero-order chi connectivity index (χ0) is 15.5. The van der Waals surface area contributed by atoms with E-state index in [1.54, 1.807) is 14.1 Å². The summed E-state index contributed by atoms with van der Waals surface area (Å²) in [7, 11) is 3.22. The second-order valence-corrected chi connectivity index (χ2v) is 5.18. The van der Waals surface area contributed by atoms with Crippen LogP contribution in [0.15, 0.2) is 0 Å². The van der Waals surface area contributed by atoms with Crippen LogP contribution in [0.3, 0.4) is 0 Å². The van der Waals surface area contributed by atoms with Gasteiger partial charge in [-0.05, 0) is 18.4 Å². The van der Waals surface area contributed by atoms with Crippen molar-refractivity contribution in [3.05, 3.63) is 0 Å². The van der Waals surface area contributed by atoms with E-state index in [2.05, 4.69) is 16.0 Å². The van der Waals surface area contributed by atoms with E-state index in [-0.39, 0.29) is 19.1 Å². The van der Waals surface area contributed by atoms with Gasteiger partial charge in [0.15, 0.2) is 0 Å². The Kier molecular flexibility index (Phi) is 9.35. The molecule has 9 heteroatoms. The van der Waals surface area contributed by atoms with Crippen LogP contribution in [-0.2, 0) is 4.79 Å². The van der Waals surface area contributed by atoms with Gasteiger partial charge in [-0.25, -0.2) is 14.4 Å². The SMILES string of the molecule is CSCC[C@@H](NC(=O)NCCNC(=O)N(C)C)C(=O)O. The van der Waals surface area contributed by atoms with Crippen molar-refractivity contribution < 1.29 is 19.5 Å². The maximum Gasteiger partial charge on any atom is 0.326 e. The van der Waals surface area contributed by atoms with Gasteiger partial charge < -0.3 is 26.0 Å². The number of rotatable bonds is 8. The van der Waals surface area contributed by atoms with Gasteiger partial charge in [0.1, 0.15) is 6.04 Å². The molecular weight excluding hydrogens is 284 g/mol. The van der Waals surface area contributed by atoms with Crippen LogP contribution in [0.2, 0.25) is 0 Å². The number of carboxylic acids is 1. The highest BCUT2D eigenvalue weighted by Crippen LogP contribution is 2.00. The fraction of sp³-hybridized carbons (Fsp3) is 0.727. The molecule has 0 aromatic carbocycles. The fourth-order valence-corrected chi connectivity index (χ4v) is 1.68. The van der Waals surface area contributed by atoms with Crippen LogP contribution in [0.25, 0.3) is 0 Å². The van der Waals surface area contributed by atoms with Crippen LogP contribution < -0.4 is 16.0 Å². The number of nitrogens with zero attached hydrogens (tertiary/aromatic N) is 1. The Morgan fingerprint density at radius 3 is 2.30 bits per heavy atom. The Labute approximate surface area is 122 Å². The van der Waals surface area contributed by atoms with Crippen molar-refractivity contribution in [2.45, 2.75) is 12.5 Å². The molecule has 0 aliphatic rings. The van der Waals surface area contributed by atoms with Crippen LogP contribution in [0.5, 0.6) is 0 Å². The first-order chi connectivity index (χ1) is 9.38. The maximum absolute atomic E-state index is 11.5. The summed E-state index contributed by atoms with van der Waals surface area (Å²) in [6.07, 6.45) is 2.23. The van der Waals surface area contributed by atoms with E-state index < -0.39 is 18.0 Å². The van der Waals surface area contributed by atoms with Crippen molar-refractivity contribution in [2.75, 3.05) is 39.2 Å². The highest BCUT2D eigenvalue weighted by atomic mass is 32.2. The molecule has 0 saturated carbocycles. The molecular formula is C11H22N4O4S. The second-order valence-electron chi connectivity index (χ2n) is 4.20. The summed E-state index contributed by atoms with van der Waals surface area (Å²) < 4.78 is 0. The summed E-state index contributed by atoms with van der Waals surface area (Å²) in [4.78, 5) is 35.0. The highest BCUT2D eigenvalue weighted by Gasteiger charge is 2.18. The highest BCUT2D eigenvalue weighted by molar-refractivity contribution is 7.98. The smallest absolute Gasteiger partial charge is 0.326 e. The van der Waals surface area contributed by atoms with E-state index in [4.69, 9.17) is 5.11 Å². The molecule has 8 nitrogen and oxygen atoms in total. The van der Waals surface area contributed by atoms with Crippen LogP contribution in [0.1, 0.15) is 6.42 Å². The van der Waals surface area contributed by atoms with Crippen molar-refractivity contribution >= 4 is 29.8 Å². The Morgan fingerprint density at radius 2 is 1.80 bits per heavy atom. The van der Waals surface area contributed by atoms with Gasteiger partial charge in [-0.1, -0.05) is 0 Å². The lowest BCUT2D eigenvalue weighted by atomic mass is 10.2. The number of urea groups is 2. The lowest BCUT2D eigenvalue weighted by Crippen LogP contribution is -2.48. The predicted octanol–water partition coefficient (Wildman–Crippen LogP) is -0.237. The third kappa shape index (κ3) is 8.46. The Bertz CT molecular complexity index is 338. The Morgan fingerprint density at radius 1 is 1.20 bits per heavy atom. The average molecular weight is 306 g/mol. The number of nitrogens with one attached hydrogen (secondary N) is 3. The number of aliphatic carboxylic acids is 1. The van der Waals surface area contributed by atoms with E-state index in [1.165, 1.54) is 16.7 Å². The number of carbonyl (C=O) groups is 3. The molecule has 0 rings (SSSR count). The van der Waals surface area contributed by atoms with E-state index in [0.29, 0.717) is 12.2 Å². The molecule has 20 heavy (non-hydrogen) atoms. The molecule has 0 aliphatic heterocycles. The second kappa shape index (κ2) is 10.2. The fourth-order valence-electron chi connectivity index (χ4n) is 1.21. The molecule has 0 fully saturated rings. The van der Waals surface area contributed by atoms with Crippen LogP contribution >= 0.6 is 11.8 Å². The molecule has 0 heterocycles. The number of hydrogen-bond acceptors (Lipinski definition) is 4. The largest absolute Gasteiger partial charge is 0.480 e. The van der Waals surface area contributed by atoms with E-state index in [1.807, 2.05) is 6.26 Å². The van der Waals surface area contributed by atoms with Gasteiger partial charge >= 0.3 is 18.0 Å². The standard InChI is InChI=1S/C11H22N4O4S/c1-15(2)11(19)13-6-5-12-10(18)14-8(9(16)17)4-7-20-3/h8H,4-7H2,1-3H3,(H,13,19)(H,16,17)(H2,12,14,18)/t8-/m1/s1. The summed E-state index contributed by atoms with van der Waals surface area (Å²) in [5.41, 5.74) is 0. The van der Waals surface area contributed by atoms with Gasteiger partial charge in [0, 0.05) is 27.2 Å². The molecule has 0 bridgehead atoms. The minimum absolute atomic E-state index is 0.223. The molecule has 0 aromatic heterocycles. The molecule has 0 saturated heterocycles. The van der Waals surface area contributed by atoms with Gasteiger partial charge in [0.2, 0.25) is 0 Å². The lowest BCUT2D eigenvalue weighted by molar-refractivity contribution is -0.139.